The minimum Gasteiger partial charge on any atom is -0.389 e. The molecule has 0 aliphatic heterocycles. The van der Waals surface area contributed by atoms with Crippen molar-refractivity contribution < 1.29 is 5.11 Å². The van der Waals surface area contributed by atoms with Crippen LogP contribution in [0.15, 0.2) is 17.8 Å². The Bertz CT molecular complexity index is 373. The van der Waals surface area contributed by atoms with Crippen molar-refractivity contribution in [1.29, 1.82) is 0 Å². The predicted octanol–water partition coefficient (Wildman–Crippen LogP) is 1.65. The molecule has 1 N–H and O–H groups in total. The van der Waals surface area contributed by atoms with Crippen LogP contribution in [-0.2, 0) is 6.54 Å². The van der Waals surface area contributed by atoms with Crippen LogP contribution in [0.4, 0.5) is 0 Å². The van der Waals surface area contributed by atoms with Crippen molar-refractivity contribution in [1.82, 2.24) is 20.2 Å². The molecule has 1 heterocycles. The van der Waals surface area contributed by atoms with Crippen molar-refractivity contribution in [2.45, 2.75) is 49.4 Å². The van der Waals surface area contributed by atoms with Crippen molar-refractivity contribution in [3.05, 3.63) is 12.7 Å². The summed E-state index contributed by atoms with van der Waals surface area (Å²) in [5.41, 5.74) is -0.534. The number of allylic oxidation sites excluding steroid dienone is 1. The smallest absolute Gasteiger partial charge is 0.209 e. The van der Waals surface area contributed by atoms with E-state index in [1.165, 1.54) is 18.2 Å². The molecule has 5 nitrogen and oxygen atoms in total. The first-order valence-corrected chi connectivity index (χ1v) is 6.94. The molecule has 0 radical (unpaired) electrons. The summed E-state index contributed by atoms with van der Waals surface area (Å²) >= 11 is 1.53. The lowest BCUT2D eigenvalue weighted by molar-refractivity contribution is 0.0272. The number of tetrazole rings is 1. The fourth-order valence-corrected chi connectivity index (χ4v) is 3.13. The van der Waals surface area contributed by atoms with Crippen molar-refractivity contribution in [2.75, 3.05) is 5.75 Å². The molecule has 1 aliphatic rings. The van der Waals surface area contributed by atoms with Crippen molar-refractivity contribution in [2.24, 2.45) is 0 Å². The van der Waals surface area contributed by atoms with Gasteiger partial charge >= 0.3 is 0 Å². The van der Waals surface area contributed by atoms with E-state index in [4.69, 9.17) is 0 Å². The molecule has 1 aromatic rings. The monoisotopic (exact) mass is 254 g/mol. The third-order valence-corrected chi connectivity index (χ3v) is 4.29. The molecule has 6 heteroatoms. The first-order valence-electron chi connectivity index (χ1n) is 5.96. The highest BCUT2D eigenvalue weighted by Crippen LogP contribution is 2.32. The van der Waals surface area contributed by atoms with E-state index in [2.05, 4.69) is 22.1 Å². The maximum Gasteiger partial charge on any atom is 0.209 e. The lowest BCUT2D eigenvalue weighted by atomic mass is 9.86. The second-order valence-corrected chi connectivity index (χ2v) is 5.45. The van der Waals surface area contributed by atoms with Gasteiger partial charge in [-0.2, -0.15) is 0 Å². The number of hydrogen-bond donors (Lipinski definition) is 1. The summed E-state index contributed by atoms with van der Waals surface area (Å²) < 4.78 is 1.70. The fraction of sp³-hybridized carbons (Fsp3) is 0.727. The van der Waals surface area contributed by atoms with Gasteiger partial charge in [0.2, 0.25) is 5.16 Å². The first kappa shape index (κ1) is 12.6. The molecule has 0 spiro atoms. The standard InChI is InChI=1S/C11H18N4OS/c1-2-8-15-10(12-13-14-15)17-9-11(16)6-4-3-5-7-11/h2,16H,1,3-9H2. The zero-order valence-corrected chi connectivity index (χ0v) is 10.7. The lowest BCUT2D eigenvalue weighted by Gasteiger charge is -2.31. The van der Waals surface area contributed by atoms with E-state index in [1.807, 2.05) is 0 Å². The van der Waals surface area contributed by atoms with E-state index in [9.17, 15) is 5.11 Å². The number of aromatic nitrogens is 4. The van der Waals surface area contributed by atoms with Crippen LogP contribution in [-0.4, -0.2) is 36.7 Å². The van der Waals surface area contributed by atoms with Crippen LogP contribution in [0.2, 0.25) is 0 Å². The number of aliphatic hydroxyl groups is 1. The Morgan fingerprint density at radius 2 is 2.18 bits per heavy atom. The SMILES string of the molecule is C=CCn1nnnc1SCC1(O)CCCCC1. The van der Waals surface area contributed by atoms with Gasteiger partial charge in [0, 0.05) is 5.75 Å². The highest BCUT2D eigenvalue weighted by Gasteiger charge is 2.29. The number of thioether (sulfide) groups is 1. The maximum absolute atomic E-state index is 10.4. The summed E-state index contributed by atoms with van der Waals surface area (Å²) in [6.07, 6.45) is 7.02. The van der Waals surface area contributed by atoms with E-state index >= 15 is 0 Å². The molecular formula is C11H18N4OS. The summed E-state index contributed by atoms with van der Waals surface area (Å²) in [6.45, 7) is 4.27. The van der Waals surface area contributed by atoms with Crippen LogP contribution >= 0.6 is 11.8 Å². The third-order valence-electron chi connectivity index (χ3n) is 3.06. The van der Waals surface area contributed by atoms with Gasteiger partial charge in [0.1, 0.15) is 0 Å². The van der Waals surface area contributed by atoms with Crippen LogP contribution in [0.1, 0.15) is 32.1 Å². The summed E-state index contributed by atoms with van der Waals surface area (Å²) in [4.78, 5) is 0. The number of rotatable bonds is 5. The fourth-order valence-electron chi connectivity index (χ4n) is 2.09. The Labute approximate surface area is 105 Å². The molecule has 0 aromatic carbocycles. The second-order valence-electron chi connectivity index (χ2n) is 4.51. The van der Waals surface area contributed by atoms with Gasteiger partial charge < -0.3 is 5.11 Å². The van der Waals surface area contributed by atoms with E-state index in [0.717, 1.165) is 30.8 Å². The molecule has 0 amide bonds. The molecule has 1 fully saturated rings. The molecule has 1 aromatic heterocycles. The van der Waals surface area contributed by atoms with E-state index in [0.29, 0.717) is 12.3 Å². The maximum atomic E-state index is 10.4. The first-order chi connectivity index (χ1) is 8.23. The summed E-state index contributed by atoms with van der Waals surface area (Å²) in [7, 11) is 0. The van der Waals surface area contributed by atoms with Crippen molar-refractivity contribution >= 4 is 11.8 Å². The van der Waals surface area contributed by atoms with Crippen LogP contribution in [0.25, 0.3) is 0 Å². The van der Waals surface area contributed by atoms with E-state index in [1.54, 1.807) is 10.8 Å². The molecule has 17 heavy (non-hydrogen) atoms. The molecule has 0 saturated heterocycles. The normalized spacial score (nSPS) is 19.1. The highest BCUT2D eigenvalue weighted by atomic mass is 32.2. The van der Waals surface area contributed by atoms with Gasteiger partial charge in [0.05, 0.1) is 12.1 Å². The Kier molecular flexibility index (Phi) is 4.17. The van der Waals surface area contributed by atoms with Crippen molar-refractivity contribution in [3.8, 4) is 0 Å². The molecule has 0 unspecified atom stereocenters. The third kappa shape index (κ3) is 3.29. The Hall–Kier alpha value is -0.880. The van der Waals surface area contributed by atoms with Gasteiger partial charge in [-0.1, -0.05) is 37.1 Å². The van der Waals surface area contributed by atoms with Gasteiger partial charge in [0.25, 0.3) is 0 Å². The summed E-state index contributed by atoms with van der Waals surface area (Å²) in [6, 6.07) is 0. The van der Waals surface area contributed by atoms with Gasteiger partial charge in [-0.3, -0.25) is 0 Å². The predicted molar refractivity (Wildman–Crippen MR) is 66.8 cm³/mol. The Morgan fingerprint density at radius 3 is 2.88 bits per heavy atom. The Morgan fingerprint density at radius 1 is 1.41 bits per heavy atom. The second kappa shape index (κ2) is 5.64. The molecule has 1 saturated carbocycles. The van der Waals surface area contributed by atoms with Gasteiger partial charge in [-0.05, 0) is 23.3 Å². The lowest BCUT2D eigenvalue weighted by Crippen LogP contribution is -2.34. The molecule has 1 aliphatic carbocycles. The average molecular weight is 254 g/mol. The van der Waals surface area contributed by atoms with E-state index in [-0.39, 0.29) is 0 Å². The van der Waals surface area contributed by atoms with Crippen molar-refractivity contribution in [3.63, 3.8) is 0 Å². The number of hydrogen-bond acceptors (Lipinski definition) is 5. The van der Waals surface area contributed by atoms with Crippen LogP contribution in [0.3, 0.4) is 0 Å². The zero-order chi connectivity index (χ0) is 12.1. The average Bonchev–Trinajstić information content (AvgIpc) is 2.76. The van der Waals surface area contributed by atoms with Gasteiger partial charge in [-0.25, -0.2) is 4.68 Å². The zero-order valence-electron chi connectivity index (χ0n) is 9.88. The minimum atomic E-state index is -0.534. The largest absolute Gasteiger partial charge is 0.389 e. The molecule has 0 atom stereocenters. The van der Waals surface area contributed by atoms with Crippen LogP contribution in [0.5, 0.6) is 0 Å². The molecule has 2 rings (SSSR count). The van der Waals surface area contributed by atoms with Gasteiger partial charge in [-0.15, -0.1) is 11.7 Å². The summed E-state index contributed by atoms with van der Waals surface area (Å²) in [5, 5.41) is 22.6. The van der Waals surface area contributed by atoms with Gasteiger partial charge in [0.15, 0.2) is 0 Å². The molecule has 0 bridgehead atoms. The van der Waals surface area contributed by atoms with Crippen LogP contribution < -0.4 is 0 Å². The molecule has 94 valence electrons. The van der Waals surface area contributed by atoms with Crippen LogP contribution in [0, 0.1) is 0 Å². The number of nitrogens with zero attached hydrogens (tertiary/aromatic N) is 4. The van der Waals surface area contributed by atoms with E-state index < -0.39 is 5.60 Å². The summed E-state index contributed by atoms with van der Waals surface area (Å²) in [5.74, 6) is 0.671. The molecular weight excluding hydrogens is 236 g/mol. The topological polar surface area (TPSA) is 63.8 Å². The Balaban J connectivity index is 1.92. The highest BCUT2D eigenvalue weighted by molar-refractivity contribution is 7.99. The minimum absolute atomic E-state index is 0.534. The quantitative estimate of drug-likeness (QED) is 0.639.